The summed E-state index contributed by atoms with van der Waals surface area (Å²) < 4.78 is 30.5. The molecule has 1 aromatic heterocycles. The predicted octanol–water partition coefficient (Wildman–Crippen LogP) is 2.89. The molecular formula is C12H11BrF2N2O2. The number of nitrogens with zero attached hydrogens (tertiary/aromatic N) is 2. The number of carbonyl (C=O) groups excluding carboxylic acids is 1. The maximum Gasteiger partial charge on any atom is 0.310 e. The summed E-state index contributed by atoms with van der Waals surface area (Å²) in [7, 11) is 0. The number of rotatable bonds is 5. The minimum absolute atomic E-state index is 0.00253. The summed E-state index contributed by atoms with van der Waals surface area (Å²) in [6.45, 7) is 1.77. The molecule has 0 saturated heterocycles. The molecule has 0 radical (unpaired) electrons. The van der Waals surface area contributed by atoms with Crippen LogP contribution in [-0.4, -0.2) is 17.6 Å². The van der Waals surface area contributed by atoms with E-state index in [1.54, 1.807) is 6.92 Å². The highest BCUT2D eigenvalue weighted by molar-refractivity contribution is 9.08. The number of esters is 1. The van der Waals surface area contributed by atoms with Gasteiger partial charge >= 0.3 is 5.97 Å². The molecule has 0 fully saturated rings. The minimum Gasteiger partial charge on any atom is -0.466 e. The standard InChI is InChI=1S/C12H11BrF2N2O2/c1-2-19-11(18)3-7-8(5-16)10(4-13)17-6-9(7)12(14)15/h6,12H,2-4H2,1H3. The van der Waals surface area contributed by atoms with Crippen molar-refractivity contribution in [1.29, 1.82) is 5.26 Å². The molecule has 0 aromatic carbocycles. The molecule has 0 aliphatic carbocycles. The molecule has 4 nitrogen and oxygen atoms in total. The number of hydrogen-bond donors (Lipinski definition) is 0. The molecule has 102 valence electrons. The maximum atomic E-state index is 12.9. The van der Waals surface area contributed by atoms with Gasteiger partial charge in [0.05, 0.1) is 24.3 Å². The van der Waals surface area contributed by atoms with E-state index in [0.29, 0.717) is 5.69 Å². The second-order valence-electron chi connectivity index (χ2n) is 3.54. The number of hydrogen-bond acceptors (Lipinski definition) is 4. The quantitative estimate of drug-likeness (QED) is 0.614. The highest BCUT2D eigenvalue weighted by Crippen LogP contribution is 2.27. The van der Waals surface area contributed by atoms with Crippen LogP contribution < -0.4 is 0 Å². The van der Waals surface area contributed by atoms with Crippen molar-refractivity contribution in [3.8, 4) is 6.07 Å². The van der Waals surface area contributed by atoms with Gasteiger partial charge in [-0.05, 0) is 12.5 Å². The monoisotopic (exact) mass is 332 g/mol. The normalized spacial score (nSPS) is 10.3. The van der Waals surface area contributed by atoms with Crippen molar-refractivity contribution in [3.63, 3.8) is 0 Å². The Kier molecular flexibility index (Phi) is 5.83. The molecule has 0 bridgehead atoms. The smallest absolute Gasteiger partial charge is 0.310 e. The number of halogens is 3. The van der Waals surface area contributed by atoms with Crippen LogP contribution in [0.3, 0.4) is 0 Å². The summed E-state index contributed by atoms with van der Waals surface area (Å²) in [5, 5.41) is 9.32. The van der Waals surface area contributed by atoms with Crippen molar-refractivity contribution in [3.05, 3.63) is 28.6 Å². The highest BCUT2D eigenvalue weighted by Gasteiger charge is 2.22. The van der Waals surface area contributed by atoms with Gasteiger partial charge in [-0.3, -0.25) is 9.78 Å². The van der Waals surface area contributed by atoms with Crippen LogP contribution in [0.4, 0.5) is 8.78 Å². The van der Waals surface area contributed by atoms with Crippen LogP contribution in [0.5, 0.6) is 0 Å². The van der Waals surface area contributed by atoms with E-state index in [4.69, 9.17) is 10.00 Å². The summed E-state index contributed by atoms with van der Waals surface area (Å²) in [6.07, 6.45) is -2.16. The molecule has 0 N–H and O–H groups in total. The van der Waals surface area contributed by atoms with Crippen LogP contribution in [0.15, 0.2) is 6.20 Å². The van der Waals surface area contributed by atoms with Gasteiger partial charge in [-0.2, -0.15) is 5.26 Å². The number of alkyl halides is 3. The zero-order valence-electron chi connectivity index (χ0n) is 10.1. The summed E-state index contributed by atoms with van der Waals surface area (Å²) in [4.78, 5) is 15.2. The number of pyridine rings is 1. The van der Waals surface area contributed by atoms with E-state index in [1.807, 2.05) is 6.07 Å². The molecule has 0 saturated carbocycles. The van der Waals surface area contributed by atoms with Crippen molar-refractivity contribution in [1.82, 2.24) is 4.98 Å². The van der Waals surface area contributed by atoms with Crippen LogP contribution in [0, 0.1) is 11.3 Å². The topological polar surface area (TPSA) is 63.0 Å². The van der Waals surface area contributed by atoms with E-state index >= 15 is 0 Å². The van der Waals surface area contributed by atoms with Gasteiger partial charge < -0.3 is 4.74 Å². The minimum atomic E-state index is -2.80. The zero-order chi connectivity index (χ0) is 14.4. The van der Waals surface area contributed by atoms with E-state index in [0.717, 1.165) is 6.20 Å². The second-order valence-corrected chi connectivity index (χ2v) is 4.10. The van der Waals surface area contributed by atoms with Crippen molar-refractivity contribution in [2.24, 2.45) is 0 Å². The average Bonchev–Trinajstić information content (AvgIpc) is 2.37. The Bertz CT molecular complexity index is 515. The number of aromatic nitrogens is 1. The number of nitriles is 1. The van der Waals surface area contributed by atoms with Crippen LogP contribution in [0.25, 0.3) is 0 Å². The van der Waals surface area contributed by atoms with Gasteiger partial charge in [-0.1, -0.05) is 15.9 Å². The Morgan fingerprint density at radius 3 is 2.79 bits per heavy atom. The highest BCUT2D eigenvalue weighted by atomic mass is 79.9. The summed E-state index contributed by atoms with van der Waals surface area (Å²) in [5.74, 6) is -0.646. The molecule has 19 heavy (non-hydrogen) atoms. The molecular weight excluding hydrogens is 322 g/mol. The first kappa shape index (κ1) is 15.5. The lowest BCUT2D eigenvalue weighted by Crippen LogP contribution is -2.13. The summed E-state index contributed by atoms with van der Waals surface area (Å²) in [6, 6.07) is 1.82. The zero-order valence-corrected chi connectivity index (χ0v) is 11.7. The Labute approximate surface area is 117 Å². The molecule has 0 spiro atoms. The molecule has 1 rings (SSSR count). The Hall–Kier alpha value is -1.55. The van der Waals surface area contributed by atoms with E-state index < -0.39 is 18.0 Å². The van der Waals surface area contributed by atoms with Gasteiger partial charge in [0.25, 0.3) is 6.43 Å². The van der Waals surface area contributed by atoms with Gasteiger partial charge in [-0.25, -0.2) is 8.78 Å². The molecule has 7 heteroatoms. The van der Waals surface area contributed by atoms with Crippen molar-refractivity contribution in [2.45, 2.75) is 25.1 Å². The first-order chi connectivity index (χ1) is 9.04. The lowest BCUT2D eigenvalue weighted by molar-refractivity contribution is -0.142. The van der Waals surface area contributed by atoms with Gasteiger partial charge in [0.15, 0.2) is 0 Å². The fraction of sp³-hybridized carbons (Fsp3) is 0.417. The lowest BCUT2D eigenvalue weighted by Gasteiger charge is -2.12. The van der Waals surface area contributed by atoms with E-state index in [2.05, 4.69) is 20.9 Å². The van der Waals surface area contributed by atoms with Crippen molar-refractivity contribution in [2.75, 3.05) is 6.61 Å². The number of ether oxygens (including phenoxy) is 1. The van der Waals surface area contributed by atoms with Gasteiger partial charge in [0.2, 0.25) is 0 Å². The van der Waals surface area contributed by atoms with Crippen LogP contribution in [0.1, 0.15) is 35.7 Å². The molecule has 0 aliphatic heterocycles. The first-order valence-electron chi connectivity index (χ1n) is 5.45. The largest absolute Gasteiger partial charge is 0.466 e. The summed E-state index contributed by atoms with van der Waals surface area (Å²) >= 11 is 3.12. The molecule has 1 heterocycles. The fourth-order valence-corrected chi connectivity index (χ4v) is 2.00. The molecule has 0 atom stereocenters. The fourth-order valence-electron chi connectivity index (χ4n) is 1.58. The molecule has 0 unspecified atom stereocenters. The molecule has 0 amide bonds. The summed E-state index contributed by atoms with van der Waals surface area (Å²) in [5.41, 5.74) is -0.0939. The SMILES string of the molecule is CCOC(=O)Cc1c(C(F)F)cnc(CBr)c1C#N. The van der Waals surface area contributed by atoms with Gasteiger partial charge in [-0.15, -0.1) is 0 Å². The van der Waals surface area contributed by atoms with Crippen molar-refractivity contribution < 1.29 is 18.3 Å². The maximum absolute atomic E-state index is 12.9. The predicted molar refractivity (Wildman–Crippen MR) is 66.9 cm³/mol. The Morgan fingerprint density at radius 1 is 1.63 bits per heavy atom. The Balaban J connectivity index is 3.30. The van der Waals surface area contributed by atoms with Gasteiger partial charge in [0, 0.05) is 17.1 Å². The van der Waals surface area contributed by atoms with E-state index in [-0.39, 0.29) is 29.5 Å². The van der Waals surface area contributed by atoms with E-state index in [9.17, 15) is 13.6 Å². The molecule has 1 aromatic rings. The van der Waals surface area contributed by atoms with E-state index in [1.165, 1.54) is 0 Å². The van der Waals surface area contributed by atoms with Crippen LogP contribution in [0.2, 0.25) is 0 Å². The second kappa shape index (κ2) is 7.14. The van der Waals surface area contributed by atoms with Gasteiger partial charge in [0.1, 0.15) is 6.07 Å². The van der Waals surface area contributed by atoms with Crippen LogP contribution >= 0.6 is 15.9 Å². The van der Waals surface area contributed by atoms with Crippen molar-refractivity contribution >= 4 is 21.9 Å². The first-order valence-corrected chi connectivity index (χ1v) is 6.57. The Morgan fingerprint density at radius 2 is 2.32 bits per heavy atom. The third-order valence-corrected chi connectivity index (χ3v) is 2.93. The molecule has 0 aliphatic rings. The number of carbonyl (C=O) groups is 1. The average molecular weight is 333 g/mol. The lowest BCUT2D eigenvalue weighted by atomic mass is 9.99. The third-order valence-electron chi connectivity index (χ3n) is 2.40. The van der Waals surface area contributed by atoms with Crippen LogP contribution in [-0.2, 0) is 21.3 Å². The third kappa shape index (κ3) is 3.70.